The van der Waals surface area contributed by atoms with E-state index in [-0.39, 0.29) is 58.0 Å². The number of hydrogen-bond donors (Lipinski definition) is 6. The minimum atomic E-state index is -1.44. The molecule has 4 heterocycles. The summed E-state index contributed by atoms with van der Waals surface area (Å²) in [6.45, 7) is 0.291. The molecule has 0 unspecified atom stereocenters. The molecule has 4 aromatic carbocycles. The zero-order valence-corrected chi connectivity index (χ0v) is 36.1. The monoisotopic (exact) mass is 878 g/mol. The van der Waals surface area contributed by atoms with Crippen molar-refractivity contribution in [3.8, 4) is 0 Å². The Morgan fingerprint density at radius 2 is 1.38 bits per heavy atom. The molecule has 0 bridgehead atoms. The highest BCUT2D eigenvalue weighted by Crippen LogP contribution is 2.32. The van der Waals surface area contributed by atoms with Crippen LogP contribution in [-0.2, 0) is 59.4 Å². The summed E-state index contributed by atoms with van der Waals surface area (Å²) in [6.07, 6.45) is 4.24. The van der Waals surface area contributed by atoms with E-state index in [1.165, 1.54) is 9.80 Å². The van der Waals surface area contributed by atoms with E-state index < -0.39 is 77.1 Å². The maximum absolute atomic E-state index is 15.0. The van der Waals surface area contributed by atoms with Crippen molar-refractivity contribution in [1.82, 2.24) is 36.1 Å². The van der Waals surface area contributed by atoms with Crippen molar-refractivity contribution in [3.05, 3.63) is 119 Å². The third-order valence-corrected chi connectivity index (χ3v) is 13.8. The molecule has 3 aliphatic heterocycles. The number of H-pyrrole nitrogens is 1. The number of nitrogens with zero attached hydrogens (tertiary/aromatic N) is 2. The number of aromatic nitrogens is 1. The molecular weight excluding hydrogens is 825 g/mol. The van der Waals surface area contributed by atoms with Crippen molar-refractivity contribution < 1.29 is 33.6 Å². The molecule has 15 nitrogen and oxygen atoms in total. The number of fused-ring (bicyclic) bond motifs is 5. The molecule has 5 atom stereocenters. The predicted octanol–water partition coefficient (Wildman–Crippen LogP) is 3.21. The Morgan fingerprint density at radius 3 is 2.18 bits per heavy atom. The molecule has 7 N–H and O–H groups in total. The fourth-order valence-electron chi connectivity index (χ4n) is 10.3. The molecule has 336 valence electrons. The minimum absolute atomic E-state index is 0.0195. The SMILES string of the molecule is NC(=O)CC[C@@H]1NC(=O)[C@H](Cc2c[nH]c3ccccc23)NC(=O)C2(CCCC2)NC(=O)[C@H](Cc2ccc3ccccc3c2)NC(=O)[C@H]2Cc3ccccc3CN2C(=O)[C@H]2CCCN2C1=O. The van der Waals surface area contributed by atoms with Gasteiger partial charge in [0, 0.05) is 55.9 Å². The molecule has 5 aromatic rings. The molecule has 2 saturated heterocycles. The first-order valence-electron chi connectivity index (χ1n) is 22.7. The van der Waals surface area contributed by atoms with E-state index in [4.69, 9.17) is 5.73 Å². The van der Waals surface area contributed by atoms with Crippen LogP contribution < -0.4 is 27.0 Å². The van der Waals surface area contributed by atoms with Crippen LogP contribution in [0.3, 0.4) is 0 Å². The lowest BCUT2D eigenvalue weighted by Crippen LogP contribution is -2.65. The van der Waals surface area contributed by atoms with Crippen LogP contribution in [0.25, 0.3) is 21.7 Å². The molecule has 1 aliphatic carbocycles. The second kappa shape index (κ2) is 18.2. The molecule has 1 saturated carbocycles. The van der Waals surface area contributed by atoms with E-state index >= 15 is 0 Å². The van der Waals surface area contributed by atoms with Gasteiger partial charge in [-0.3, -0.25) is 33.6 Å². The highest BCUT2D eigenvalue weighted by molar-refractivity contribution is 6.00. The first kappa shape index (κ1) is 43.2. The van der Waals surface area contributed by atoms with Crippen LogP contribution in [0.15, 0.2) is 97.2 Å². The maximum Gasteiger partial charge on any atom is 0.246 e. The lowest BCUT2D eigenvalue weighted by molar-refractivity contribution is -0.151. The first-order chi connectivity index (χ1) is 31.5. The number of amides is 7. The number of primary amides is 1. The van der Waals surface area contributed by atoms with Crippen LogP contribution in [-0.4, -0.2) is 98.4 Å². The van der Waals surface area contributed by atoms with Crippen molar-refractivity contribution in [2.75, 3.05) is 6.54 Å². The van der Waals surface area contributed by atoms with Gasteiger partial charge in [0.05, 0.1) is 0 Å². The van der Waals surface area contributed by atoms with Crippen LogP contribution >= 0.6 is 0 Å². The quantitative estimate of drug-likeness (QED) is 0.144. The van der Waals surface area contributed by atoms with Gasteiger partial charge in [0.15, 0.2) is 0 Å². The van der Waals surface area contributed by atoms with Gasteiger partial charge in [-0.05, 0) is 71.2 Å². The molecule has 1 aromatic heterocycles. The third-order valence-electron chi connectivity index (χ3n) is 13.8. The number of nitrogens with one attached hydrogen (secondary N) is 5. The molecular formula is C50H54N8O7. The molecule has 9 rings (SSSR count). The van der Waals surface area contributed by atoms with Crippen molar-refractivity contribution in [3.63, 3.8) is 0 Å². The van der Waals surface area contributed by atoms with Crippen molar-refractivity contribution in [2.45, 2.75) is 113 Å². The second-order valence-corrected chi connectivity index (χ2v) is 18.0. The Hall–Kier alpha value is -7.03. The lowest BCUT2D eigenvalue weighted by Gasteiger charge is -2.40. The average Bonchev–Trinajstić information content (AvgIpc) is 4.10. The topological polar surface area (TPSA) is 216 Å². The molecule has 65 heavy (non-hydrogen) atoms. The van der Waals surface area contributed by atoms with Crippen molar-refractivity contribution in [1.29, 1.82) is 0 Å². The lowest BCUT2D eigenvalue weighted by atomic mass is 9.91. The molecule has 0 radical (unpaired) electrons. The van der Waals surface area contributed by atoms with Gasteiger partial charge in [0.1, 0.15) is 35.7 Å². The van der Waals surface area contributed by atoms with Gasteiger partial charge in [-0.2, -0.15) is 0 Å². The zero-order chi connectivity index (χ0) is 45.2. The Labute approximate surface area is 376 Å². The summed E-state index contributed by atoms with van der Waals surface area (Å²) in [5, 5.41) is 14.7. The molecule has 4 aliphatic rings. The third kappa shape index (κ3) is 8.91. The summed E-state index contributed by atoms with van der Waals surface area (Å²) in [7, 11) is 0. The van der Waals surface area contributed by atoms with Gasteiger partial charge >= 0.3 is 0 Å². The van der Waals surface area contributed by atoms with Gasteiger partial charge < -0.3 is 41.8 Å². The van der Waals surface area contributed by atoms with E-state index in [1.54, 1.807) is 6.20 Å². The molecule has 7 amide bonds. The summed E-state index contributed by atoms with van der Waals surface area (Å²) in [5.41, 5.74) is 8.21. The maximum atomic E-state index is 15.0. The standard InChI is InChI=1S/C50H54N8O7/c51-43(59)20-19-38-47(63)57-23-9-16-41(57)48(64)58-29-34-13-4-3-12-33(34)27-42(58)46(62)54-39(25-30-17-18-31-10-1-2-11-32(31)24-30)45(61)56-50(21-7-8-22-50)49(65)55-40(44(60)53-38)26-35-28-52-37-15-6-5-14-36(35)37/h1-6,10-15,17-18,24,28,38-42,52H,7-9,16,19-23,25-27,29H2,(H2,51,59)(H,53,60)(H,54,62)(H,55,65)(H,56,61)/t38-,39-,40-,41+,42+/m0/s1. The second-order valence-electron chi connectivity index (χ2n) is 18.0. The number of aromatic amines is 1. The van der Waals surface area contributed by atoms with E-state index in [2.05, 4.69) is 26.3 Å². The van der Waals surface area contributed by atoms with Gasteiger partial charge in [-0.1, -0.05) is 97.8 Å². The van der Waals surface area contributed by atoms with E-state index in [1.807, 2.05) is 91.0 Å². The largest absolute Gasteiger partial charge is 0.370 e. The number of benzene rings is 4. The fourth-order valence-corrected chi connectivity index (χ4v) is 10.3. The van der Waals surface area contributed by atoms with E-state index in [0.29, 0.717) is 25.7 Å². The highest BCUT2D eigenvalue weighted by atomic mass is 16.2. The summed E-state index contributed by atoms with van der Waals surface area (Å²) >= 11 is 0. The Bertz CT molecular complexity index is 2690. The normalized spacial score (nSPS) is 24.1. The van der Waals surface area contributed by atoms with Gasteiger partial charge in [-0.25, -0.2) is 0 Å². The Morgan fingerprint density at radius 1 is 0.677 bits per heavy atom. The summed E-state index contributed by atoms with van der Waals surface area (Å²) < 4.78 is 0. The number of rotatable bonds is 7. The van der Waals surface area contributed by atoms with Gasteiger partial charge in [0.25, 0.3) is 0 Å². The smallest absolute Gasteiger partial charge is 0.246 e. The van der Waals surface area contributed by atoms with Crippen LogP contribution in [0.4, 0.5) is 0 Å². The summed E-state index contributed by atoms with van der Waals surface area (Å²) in [6, 6.07) is 23.1. The average molecular weight is 879 g/mol. The number of hydrogen-bond acceptors (Lipinski definition) is 7. The van der Waals surface area contributed by atoms with Crippen LogP contribution in [0.1, 0.15) is 73.6 Å². The van der Waals surface area contributed by atoms with Gasteiger partial charge in [0.2, 0.25) is 41.4 Å². The highest BCUT2D eigenvalue weighted by Gasteiger charge is 2.48. The molecule has 3 fully saturated rings. The molecule has 15 heteroatoms. The van der Waals surface area contributed by atoms with Crippen LogP contribution in [0.2, 0.25) is 0 Å². The Kier molecular flexibility index (Phi) is 12.1. The van der Waals surface area contributed by atoms with Crippen LogP contribution in [0, 0.1) is 0 Å². The number of carbonyl (C=O) groups is 7. The van der Waals surface area contributed by atoms with Gasteiger partial charge in [-0.15, -0.1) is 0 Å². The zero-order valence-electron chi connectivity index (χ0n) is 36.1. The summed E-state index contributed by atoms with van der Waals surface area (Å²) in [4.78, 5) is 107. The predicted molar refractivity (Wildman–Crippen MR) is 242 cm³/mol. The minimum Gasteiger partial charge on any atom is -0.370 e. The van der Waals surface area contributed by atoms with E-state index in [9.17, 15) is 33.6 Å². The first-order valence-corrected chi connectivity index (χ1v) is 22.7. The molecule has 1 spiro atoms. The van der Waals surface area contributed by atoms with Crippen molar-refractivity contribution in [2.24, 2.45) is 5.73 Å². The Balaban J connectivity index is 1.13. The number of para-hydroxylation sites is 1. The summed E-state index contributed by atoms with van der Waals surface area (Å²) in [5.74, 6) is -4.04. The van der Waals surface area contributed by atoms with Crippen LogP contribution in [0.5, 0.6) is 0 Å². The fraction of sp³-hybridized carbons (Fsp3) is 0.380. The number of nitrogens with two attached hydrogens (primary N) is 1. The van der Waals surface area contributed by atoms with E-state index in [0.717, 1.165) is 43.9 Å². The van der Waals surface area contributed by atoms with Crippen molar-refractivity contribution >= 4 is 63.0 Å². The number of carbonyl (C=O) groups excluding carboxylic acids is 7.